The molecule has 0 radical (unpaired) electrons. The minimum absolute atomic E-state index is 0.139. The van der Waals surface area contributed by atoms with Crippen molar-refractivity contribution in [3.8, 4) is 0 Å². The number of carbonyl (C=O) groups excluding carboxylic acids is 1. The first-order valence-corrected chi connectivity index (χ1v) is 10.3. The van der Waals surface area contributed by atoms with Gasteiger partial charge in [-0.2, -0.15) is 0 Å². The summed E-state index contributed by atoms with van der Waals surface area (Å²) in [5.41, 5.74) is 0.649. The van der Waals surface area contributed by atoms with Crippen molar-refractivity contribution in [3.05, 3.63) is 30.4 Å². The van der Waals surface area contributed by atoms with Crippen LogP contribution in [-0.2, 0) is 5.41 Å². The Morgan fingerprint density at radius 1 is 1.37 bits per heavy atom. The molecular weight excluding hydrogens is 382 g/mol. The quantitative estimate of drug-likeness (QED) is 0.682. The second-order valence-electron chi connectivity index (χ2n) is 9.08. The summed E-state index contributed by atoms with van der Waals surface area (Å²) in [5.74, 6) is 2.47. The molecular formula is C21H29N7O2. The van der Waals surface area contributed by atoms with Gasteiger partial charge in [-0.1, -0.05) is 32.9 Å². The first-order chi connectivity index (χ1) is 14.2. The number of fused-ring (bicyclic) bond motifs is 1. The lowest BCUT2D eigenvalue weighted by atomic mass is 9.92. The van der Waals surface area contributed by atoms with Crippen LogP contribution in [0, 0.1) is 5.92 Å². The van der Waals surface area contributed by atoms with E-state index in [2.05, 4.69) is 37.2 Å². The molecule has 0 saturated carbocycles. The van der Waals surface area contributed by atoms with Gasteiger partial charge in [0, 0.05) is 37.8 Å². The number of likely N-dealkylation sites (tertiary alicyclic amines) is 1. The van der Waals surface area contributed by atoms with Crippen LogP contribution < -0.4 is 10.2 Å². The fraction of sp³-hybridized carbons (Fsp3) is 0.524. The third-order valence-electron chi connectivity index (χ3n) is 5.85. The Kier molecular flexibility index (Phi) is 5.13. The van der Waals surface area contributed by atoms with Crippen LogP contribution in [0.15, 0.2) is 29.2 Å². The Morgan fingerprint density at radius 2 is 2.17 bits per heavy atom. The summed E-state index contributed by atoms with van der Waals surface area (Å²) in [7, 11) is 2.03. The van der Waals surface area contributed by atoms with Gasteiger partial charge in [0.1, 0.15) is 23.6 Å². The van der Waals surface area contributed by atoms with Gasteiger partial charge in [0.15, 0.2) is 5.82 Å². The second-order valence-corrected chi connectivity index (χ2v) is 9.08. The molecule has 2 amide bonds. The van der Waals surface area contributed by atoms with Crippen molar-refractivity contribution in [3.63, 3.8) is 0 Å². The number of piperidine rings is 1. The van der Waals surface area contributed by atoms with Gasteiger partial charge < -0.3 is 19.3 Å². The third-order valence-corrected chi connectivity index (χ3v) is 5.85. The molecule has 2 atom stereocenters. The number of aromatic amines is 1. The van der Waals surface area contributed by atoms with Crippen LogP contribution in [0.2, 0.25) is 0 Å². The van der Waals surface area contributed by atoms with E-state index in [0.717, 1.165) is 29.0 Å². The van der Waals surface area contributed by atoms with Gasteiger partial charge in [0.05, 0.1) is 11.4 Å². The number of nitrogens with one attached hydrogen (secondary N) is 2. The number of aromatic nitrogens is 4. The van der Waals surface area contributed by atoms with E-state index < -0.39 is 0 Å². The maximum Gasteiger partial charge on any atom is 0.323 e. The molecule has 30 heavy (non-hydrogen) atoms. The zero-order valence-electron chi connectivity index (χ0n) is 18.1. The molecule has 1 fully saturated rings. The van der Waals surface area contributed by atoms with Crippen molar-refractivity contribution < 1.29 is 9.32 Å². The number of carbonyl (C=O) groups is 1. The number of H-pyrrole nitrogens is 1. The molecule has 1 saturated heterocycles. The molecule has 2 unspecified atom stereocenters. The van der Waals surface area contributed by atoms with Crippen LogP contribution in [0.5, 0.6) is 0 Å². The highest BCUT2D eigenvalue weighted by atomic mass is 16.5. The zero-order valence-corrected chi connectivity index (χ0v) is 18.1. The Balaban J connectivity index is 1.48. The van der Waals surface area contributed by atoms with Crippen molar-refractivity contribution in [2.24, 2.45) is 5.92 Å². The number of nitrogens with zero attached hydrogens (tertiary/aromatic N) is 5. The number of urea groups is 1. The lowest BCUT2D eigenvalue weighted by molar-refractivity contribution is 0.172. The van der Waals surface area contributed by atoms with Gasteiger partial charge in [-0.3, -0.25) is 5.32 Å². The average Bonchev–Trinajstić information content (AvgIpc) is 3.36. The maximum atomic E-state index is 12.9. The van der Waals surface area contributed by atoms with Gasteiger partial charge in [-0.25, -0.2) is 14.8 Å². The SMILES string of the molecule is CC1CCN(C(=O)Nc2cc(C(C)(C)C)on2)CC1N(C)c1ncnc2[nH]ccc12. The predicted octanol–water partition coefficient (Wildman–Crippen LogP) is 3.62. The number of anilines is 2. The van der Waals surface area contributed by atoms with E-state index >= 15 is 0 Å². The Hall–Kier alpha value is -3.10. The molecule has 2 N–H and O–H groups in total. The molecule has 9 heteroatoms. The smallest absolute Gasteiger partial charge is 0.323 e. The maximum absolute atomic E-state index is 12.9. The minimum Gasteiger partial charge on any atom is -0.359 e. The molecule has 0 aliphatic carbocycles. The first-order valence-electron chi connectivity index (χ1n) is 10.3. The summed E-state index contributed by atoms with van der Waals surface area (Å²) in [6.45, 7) is 9.65. The summed E-state index contributed by atoms with van der Waals surface area (Å²) in [5, 5.41) is 7.85. The average molecular weight is 412 g/mol. The van der Waals surface area contributed by atoms with Crippen LogP contribution in [0.25, 0.3) is 11.0 Å². The van der Waals surface area contributed by atoms with E-state index in [-0.39, 0.29) is 17.5 Å². The van der Waals surface area contributed by atoms with Crippen LogP contribution in [-0.4, -0.2) is 57.2 Å². The summed E-state index contributed by atoms with van der Waals surface area (Å²) >= 11 is 0. The molecule has 9 nitrogen and oxygen atoms in total. The molecule has 3 aromatic heterocycles. The highest BCUT2D eigenvalue weighted by Gasteiger charge is 2.33. The van der Waals surface area contributed by atoms with Gasteiger partial charge in [0.25, 0.3) is 0 Å². The van der Waals surface area contributed by atoms with Crippen LogP contribution in [0.4, 0.5) is 16.4 Å². The number of rotatable bonds is 3. The van der Waals surface area contributed by atoms with E-state index in [0.29, 0.717) is 24.8 Å². The molecule has 4 rings (SSSR count). The van der Waals surface area contributed by atoms with E-state index in [1.807, 2.05) is 45.0 Å². The van der Waals surface area contributed by atoms with E-state index in [1.165, 1.54) is 0 Å². The Bertz CT molecular complexity index is 1040. The Morgan fingerprint density at radius 3 is 2.90 bits per heavy atom. The van der Waals surface area contributed by atoms with Crippen molar-refractivity contribution >= 4 is 28.7 Å². The number of hydrogen-bond donors (Lipinski definition) is 2. The topological polar surface area (TPSA) is 103 Å². The number of amides is 2. The monoisotopic (exact) mass is 411 g/mol. The van der Waals surface area contributed by atoms with Crippen molar-refractivity contribution in [2.75, 3.05) is 30.4 Å². The largest absolute Gasteiger partial charge is 0.359 e. The third kappa shape index (κ3) is 3.83. The van der Waals surface area contributed by atoms with Crippen LogP contribution >= 0.6 is 0 Å². The molecule has 1 aliphatic heterocycles. The number of likely N-dealkylation sites (N-methyl/N-ethyl adjacent to an activating group) is 1. The molecule has 4 heterocycles. The molecule has 1 aliphatic rings. The van der Waals surface area contributed by atoms with Gasteiger partial charge in [-0.15, -0.1) is 0 Å². The summed E-state index contributed by atoms with van der Waals surface area (Å²) in [6.07, 6.45) is 4.35. The van der Waals surface area contributed by atoms with Crippen LogP contribution in [0.1, 0.15) is 39.9 Å². The van der Waals surface area contributed by atoms with Crippen LogP contribution in [0.3, 0.4) is 0 Å². The summed E-state index contributed by atoms with van der Waals surface area (Å²) in [6, 6.07) is 3.75. The number of hydrogen-bond acceptors (Lipinski definition) is 6. The summed E-state index contributed by atoms with van der Waals surface area (Å²) < 4.78 is 5.38. The predicted molar refractivity (Wildman–Crippen MR) is 116 cm³/mol. The normalized spacial score (nSPS) is 19.8. The van der Waals surface area contributed by atoms with Crippen molar-refractivity contribution in [1.29, 1.82) is 0 Å². The molecule has 3 aromatic rings. The van der Waals surface area contributed by atoms with Crippen molar-refractivity contribution in [2.45, 2.75) is 45.6 Å². The van der Waals surface area contributed by atoms with Gasteiger partial charge in [-0.05, 0) is 18.4 Å². The zero-order chi connectivity index (χ0) is 21.5. The fourth-order valence-electron chi connectivity index (χ4n) is 3.91. The van der Waals surface area contributed by atoms with E-state index in [9.17, 15) is 4.79 Å². The Labute approximate surface area is 175 Å². The van der Waals surface area contributed by atoms with E-state index in [1.54, 1.807) is 12.4 Å². The lowest BCUT2D eigenvalue weighted by Crippen LogP contribution is -2.53. The molecule has 0 bridgehead atoms. The molecule has 160 valence electrons. The molecule has 0 spiro atoms. The van der Waals surface area contributed by atoms with Gasteiger partial charge in [0.2, 0.25) is 0 Å². The van der Waals surface area contributed by atoms with Gasteiger partial charge >= 0.3 is 6.03 Å². The fourth-order valence-corrected chi connectivity index (χ4v) is 3.91. The lowest BCUT2D eigenvalue weighted by Gasteiger charge is -2.42. The minimum atomic E-state index is -0.163. The summed E-state index contributed by atoms with van der Waals surface area (Å²) in [4.78, 5) is 28.8. The standard InChI is InChI=1S/C21H29N7O2/c1-13-7-9-28(20(29)25-17-10-16(30-26-17)21(2,3)4)11-15(13)27(5)19-14-6-8-22-18(14)23-12-24-19/h6,8,10,12-13,15H,7,9,11H2,1-5H3,(H,22,23,24)(H,25,26,29). The highest BCUT2D eigenvalue weighted by Crippen LogP contribution is 2.29. The molecule has 0 aromatic carbocycles. The van der Waals surface area contributed by atoms with Crippen molar-refractivity contribution in [1.82, 2.24) is 25.0 Å². The second kappa shape index (κ2) is 7.62. The van der Waals surface area contributed by atoms with E-state index in [4.69, 9.17) is 4.52 Å². The first kappa shape index (κ1) is 20.2. The highest BCUT2D eigenvalue weighted by molar-refractivity contribution is 5.89.